The van der Waals surface area contributed by atoms with Crippen molar-refractivity contribution in [1.29, 1.82) is 5.26 Å². The first-order chi connectivity index (χ1) is 9.26. The van der Waals surface area contributed by atoms with E-state index in [0.717, 1.165) is 5.52 Å². The second kappa shape index (κ2) is 4.38. The SMILES string of the molecule is N#Cc1cc(F)cc(Nc2n[nH]c3cccnc23)c1. The number of pyridine rings is 1. The fraction of sp³-hybridized carbons (Fsp3) is 0. The van der Waals surface area contributed by atoms with E-state index >= 15 is 0 Å². The summed E-state index contributed by atoms with van der Waals surface area (Å²) >= 11 is 0. The van der Waals surface area contributed by atoms with E-state index in [1.807, 2.05) is 12.1 Å². The minimum atomic E-state index is -0.477. The zero-order valence-corrected chi connectivity index (χ0v) is 9.68. The van der Waals surface area contributed by atoms with Crippen LogP contribution >= 0.6 is 0 Å². The summed E-state index contributed by atoms with van der Waals surface area (Å²) in [5.74, 6) is 0.0134. The molecular formula is C13H8FN5. The van der Waals surface area contributed by atoms with Crippen molar-refractivity contribution < 1.29 is 4.39 Å². The zero-order chi connectivity index (χ0) is 13.2. The topological polar surface area (TPSA) is 77.4 Å². The summed E-state index contributed by atoms with van der Waals surface area (Å²) < 4.78 is 13.3. The number of aromatic nitrogens is 3. The molecule has 0 aliphatic carbocycles. The molecule has 0 saturated heterocycles. The van der Waals surface area contributed by atoms with E-state index in [1.54, 1.807) is 18.3 Å². The molecule has 2 N–H and O–H groups in total. The van der Waals surface area contributed by atoms with Crippen LogP contribution in [0.15, 0.2) is 36.5 Å². The number of rotatable bonds is 2. The fourth-order valence-corrected chi connectivity index (χ4v) is 1.80. The largest absolute Gasteiger partial charge is 0.337 e. The molecule has 0 radical (unpaired) electrons. The second-order valence-electron chi connectivity index (χ2n) is 3.94. The third-order valence-electron chi connectivity index (χ3n) is 2.61. The van der Waals surface area contributed by atoms with Gasteiger partial charge in [-0.05, 0) is 30.3 Å². The Morgan fingerprint density at radius 1 is 1.32 bits per heavy atom. The van der Waals surface area contributed by atoms with Gasteiger partial charge in [-0.25, -0.2) is 4.39 Å². The number of hydrogen-bond acceptors (Lipinski definition) is 4. The molecule has 0 atom stereocenters. The van der Waals surface area contributed by atoms with Gasteiger partial charge in [0, 0.05) is 11.9 Å². The van der Waals surface area contributed by atoms with E-state index in [-0.39, 0.29) is 5.56 Å². The lowest BCUT2D eigenvalue weighted by Crippen LogP contribution is -1.94. The number of nitrogens with zero attached hydrogens (tertiary/aromatic N) is 3. The summed E-state index contributed by atoms with van der Waals surface area (Å²) in [6.07, 6.45) is 1.65. The van der Waals surface area contributed by atoms with Crippen LogP contribution in [0.25, 0.3) is 11.0 Å². The maximum atomic E-state index is 13.3. The molecule has 2 aromatic heterocycles. The number of hydrogen-bond donors (Lipinski definition) is 2. The Balaban J connectivity index is 2.02. The molecule has 0 aliphatic rings. The van der Waals surface area contributed by atoms with Gasteiger partial charge in [0.2, 0.25) is 0 Å². The van der Waals surface area contributed by atoms with Crippen molar-refractivity contribution in [2.75, 3.05) is 5.32 Å². The molecule has 0 unspecified atom stereocenters. The molecule has 0 spiro atoms. The van der Waals surface area contributed by atoms with Crippen molar-refractivity contribution in [3.05, 3.63) is 47.9 Å². The normalized spacial score (nSPS) is 10.3. The quantitative estimate of drug-likeness (QED) is 0.736. The van der Waals surface area contributed by atoms with E-state index in [1.165, 1.54) is 12.1 Å². The first kappa shape index (κ1) is 11.2. The summed E-state index contributed by atoms with van der Waals surface area (Å²) in [4.78, 5) is 4.19. The van der Waals surface area contributed by atoms with E-state index in [0.29, 0.717) is 17.0 Å². The summed E-state index contributed by atoms with van der Waals surface area (Å²) in [6, 6.07) is 9.55. The first-order valence-electron chi connectivity index (χ1n) is 5.53. The summed E-state index contributed by atoms with van der Waals surface area (Å²) in [5, 5.41) is 18.6. The van der Waals surface area contributed by atoms with Gasteiger partial charge in [0.25, 0.3) is 0 Å². The third kappa shape index (κ3) is 2.09. The van der Waals surface area contributed by atoms with Crippen LogP contribution in [0.1, 0.15) is 5.56 Å². The van der Waals surface area contributed by atoms with Gasteiger partial charge >= 0.3 is 0 Å². The highest BCUT2D eigenvalue weighted by Gasteiger charge is 2.07. The fourth-order valence-electron chi connectivity index (χ4n) is 1.80. The van der Waals surface area contributed by atoms with Crippen LogP contribution in [0.2, 0.25) is 0 Å². The van der Waals surface area contributed by atoms with Gasteiger partial charge < -0.3 is 5.32 Å². The molecule has 0 fully saturated rings. The van der Waals surface area contributed by atoms with Gasteiger partial charge in [-0.3, -0.25) is 10.1 Å². The predicted molar refractivity (Wildman–Crippen MR) is 68.3 cm³/mol. The number of fused-ring (bicyclic) bond motifs is 1. The first-order valence-corrected chi connectivity index (χ1v) is 5.53. The standard InChI is InChI=1S/C13H8FN5/c14-9-4-8(7-15)5-10(6-9)17-13-12-11(18-19-13)2-1-3-16-12/h1-6H,(H2,17,18,19). The zero-order valence-electron chi connectivity index (χ0n) is 9.68. The van der Waals surface area contributed by atoms with E-state index in [9.17, 15) is 4.39 Å². The number of nitrogens with one attached hydrogen (secondary N) is 2. The highest BCUT2D eigenvalue weighted by Crippen LogP contribution is 2.22. The highest BCUT2D eigenvalue weighted by molar-refractivity contribution is 5.87. The van der Waals surface area contributed by atoms with E-state index in [2.05, 4.69) is 20.5 Å². The average molecular weight is 253 g/mol. The maximum Gasteiger partial charge on any atom is 0.178 e. The van der Waals surface area contributed by atoms with Crippen LogP contribution in [0.3, 0.4) is 0 Å². The molecule has 2 heterocycles. The van der Waals surface area contributed by atoms with Gasteiger partial charge in [-0.1, -0.05) is 0 Å². The molecule has 92 valence electrons. The molecule has 3 aromatic rings. The monoisotopic (exact) mass is 253 g/mol. The third-order valence-corrected chi connectivity index (χ3v) is 2.61. The Labute approximate surface area is 107 Å². The van der Waals surface area contributed by atoms with Crippen LogP contribution in [0.5, 0.6) is 0 Å². The molecule has 19 heavy (non-hydrogen) atoms. The molecular weight excluding hydrogens is 245 g/mol. The lowest BCUT2D eigenvalue weighted by atomic mass is 10.2. The minimum Gasteiger partial charge on any atom is -0.337 e. The molecule has 0 aliphatic heterocycles. The summed E-state index contributed by atoms with van der Waals surface area (Å²) in [7, 11) is 0. The molecule has 0 bridgehead atoms. The second-order valence-corrected chi connectivity index (χ2v) is 3.94. The Morgan fingerprint density at radius 3 is 3.05 bits per heavy atom. The number of H-pyrrole nitrogens is 1. The van der Waals surface area contributed by atoms with E-state index in [4.69, 9.17) is 5.26 Å². The van der Waals surface area contributed by atoms with Gasteiger partial charge in [0.05, 0.1) is 17.1 Å². The Bertz CT molecular complexity index is 787. The van der Waals surface area contributed by atoms with Crippen LogP contribution in [-0.2, 0) is 0 Å². The Kier molecular flexibility index (Phi) is 2.58. The molecule has 5 nitrogen and oxygen atoms in total. The lowest BCUT2D eigenvalue weighted by Gasteiger charge is -2.03. The van der Waals surface area contributed by atoms with Crippen LogP contribution < -0.4 is 5.32 Å². The van der Waals surface area contributed by atoms with Crippen molar-refractivity contribution >= 4 is 22.5 Å². The van der Waals surface area contributed by atoms with Crippen LogP contribution in [-0.4, -0.2) is 15.2 Å². The van der Waals surface area contributed by atoms with Crippen molar-refractivity contribution in [2.45, 2.75) is 0 Å². The molecule has 1 aromatic carbocycles. The summed E-state index contributed by atoms with van der Waals surface area (Å²) in [6.45, 7) is 0. The van der Waals surface area contributed by atoms with Gasteiger partial charge in [0.15, 0.2) is 5.82 Å². The number of benzene rings is 1. The van der Waals surface area contributed by atoms with Crippen molar-refractivity contribution in [3.63, 3.8) is 0 Å². The highest BCUT2D eigenvalue weighted by atomic mass is 19.1. The average Bonchev–Trinajstić information content (AvgIpc) is 2.82. The van der Waals surface area contributed by atoms with Gasteiger partial charge in [-0.2, -0.15) is 10.4 Å². The molecule has 0 saturated carbocycles. The number of aromatic amines is 1. The maximum absolute atomic E-state index is 13.3. The van der Waals surface area contributed by atoms with Crippen molar-refractivity contribution in [1.82, 2.24) is 15.2 Å². The number of nitriles is 1. The smallest absolute Gasteiger partial charge is 0.178 e. The summed E-state index contributed by atoms with van der Waals surface area (Å²) in [5.41, 5.74) is 2.14. The van der Waals surface area contributed by atoms with Crippen molar-refractivity contribution in [3.8, 4) is 6.07 Å². The van der Waals surface area contributed by atoms with Crippen molar-refractivity contribution in [2.24, 2.45) is 0 Å². The molecule has 3 rings (SSSR count). The predicted octanol–water partition coefficient (Wildman–Crippen LogP) is 2.71. The molecule has 0 amide bonds. The van der Waals surface area contributed by atoms with Crippen LogP contribution in [0, 0.1) is 17.1 Å². The number of halogens is 1. The Hall–Kier alpha value is -2.94. The number of anilines is 2. The van der Waals surface area contributed by atoms with Gasteiger partial charge in [-0.15, -0.1) is 0 Å². The van der Waals surface area contributed by atoms with Crippen LogP contribution in [0.4, 0.5) is 15.9 Å². The Morgan fingerprint density at radius 2 is 2.21 bits per heavy atom. The minimum absolute atomic E-state index is 0.246. The van der Waals surface area contributed by atoms with E-state index < -0.39 is 5.82 Å². The lowest BCUT2D eigenvalue weighted by molar-refractivity contribution is 0.628. The van der Waals surface area contributed by atoms with Gasteiger partial charge in [0.1, 0.15) is 11.3 Å². The molecule has 6 heteroatoms.